The van der Waals surface area contributed by atoms with Gasteiger partial charge in [-0.3, -0.25) is 0 Å². The number of nitrogens with two attached hydrogens (primary N) is 1. The van der Waals surface area contributed by atoms with Crippen LogP contribution < -0.4 is 16.0 Å². The van der Waals surface area contributed by atoms with E-state index in [1.165, 1.54) is 5.69 Å². The third-order valence-corrected chi connectivity index (χ3v) is 3.90. The maximum atomic E-state index is 6.14. The highest BCUT2D eigenvalue weighted by molar-refractivity contribution is 5.72. The summed E-state index contributed by atoms with van der Waals surface area (Å²) >= 11 is 0. The lowest BCUT2D eigenvalue weighted by Crippen LogP contribution is -2.44. The minimum Gasteiger partial charge on any atom is -0.397 e. The smallest absolute Gasteiger partial charge is 0.0729 e. The third kappa shape index (κ3) is 2.77. The van der Waals surface area contributed by atoms with Crippen molar-refractivity contribution in [1.82, 2.24) is 4.90 Å². The molecule has 1 aromatic rings. The predicted octanol–water partition coefficient (Wildman–Crippen LogP) is 0.831. The summed E-state index contributed by atoms with van der Waals surface area (Å²) in [5.74, 6) is 0. The number of ether oxygens (including phenoxy) is 1. The van der Waals surface area contributed by atoms with Crippen LogP contribution in [-0.4, -0.2) is 57.4 Å². The second kappa shape index (κ2) is 5.27. The predicted molar refractivity (Wildman–Crippen MR) is 78.8 cm³/mol. The van der Waals surface area contributed by atoms with Gasteiger partial charge >= 0.3 is 0 Å². The van der Waals surface area contributed by atoms with E-state index in [4.69, 9.17) is 10.5 Å². The minimum absolute atomic E-state index is 0.414. The molecule has 3 rings (SSSR count). The molecule has 5 nitrogen and oxygen atoms in total. The monoisotopic (exact) mass is 262 g/mol. The number of benzene rings is 1. The van der Waals surface area contributed by atoms with Crippen LogP contribution in [0.15, 0.2) is 18.2 Å². The summed E-state index contributed by atoms with van der Waals surface area (Å²) in [5, 5.41) is 3.41. The Morgan fingerprint density at radius 3 is 2.53 bits per heavy atom. The molecular formula is C14H22N4O. The van der Waals surface area contributed by atoms with Gasteiger partial charge in [0.25, 0.3) is 0 Å². The van der Waals surface area contributed by atoms with Crippen LogP contribution >= 0.6 is 0 Å². The summed E-state index contributed by atoms with van der Waals surface area (Å²) in [7, 11) is 2.17. The van der Waals surface area contributed by atoms with Crippen LogP contribution in [0.25, 0.3) is 0 Å². The molecule has 0 unspecified atom stereocenters. The van der Waals surface area contributed by atoms with E-state index < -0.39 is 0 Å². The van der Waals surface area contributed by atoms with Crippen molar-refractivity contribution in [2.75, 3.05) is 62.4 Å². The summed E-state index contributed by atoms with van der Waals surface area (Å²) in [6, 6.07) is 6.73. The summed E-state index contributed by atoms with van der Waals surface area (Å²) in [6.45, 7) is 5.91. The molecule has 0 aliphatic carbocycles. The Kier molecular flexibility index (Phi) is 3.48. The van der Waals surface area contributed by atoms with Gasteiger partial charge in [0, 0.05) is 31.9 Å². The quantitative estimate of drug-likeness (QED) is 0.790. The van der Waals surface area contributed by atoms with Crippen molar-refractivity contribution in [3.05, 3.63) is 18.2 Å². The van der Waals surface area contributed by atoms with Gasteiger partial charge in [0.1, 0.15) is 0 Å². The standard InChI is InChI=1S/C14H22N4O/c1-17-4-6-18(7-5-17)12-2-3-14(13(15)8-12)16-11-9-19-10-11/h2-3,8,11,16H,4-7,9-10,15H2,1H3. The molecule has 0 aromatic heterocycles. The van der Waals surface area contributed by atoms with Crippen LogP contribution in [0.5, 0.6) is 0 Å². The van der Waals surface area contributed by atoms with Gasteiger partial charge in [-0.1, -0.05) is 0 Å². The van der Waals surface area contributed by atoms with E-state index in [2.05, 4.69) is 40.4 Å². The summed E-state index contributed by atoms with van der Waals surface area (Å²) in [6.07, 6.45) is 0. The van der Waals surface area contributed by atoms with E-state index >= 15 is 0 Å². The zero-order valence-corrected chi connectivity index (χ0v) is 11.4. The number of rotatable bonds is 3. The molecule has 0 radical (unpaired) electrons. The molecule has 0 spiro atoms. The van der Waals surface area contributed by atoms with Crippen molar-refractivity contribution in [2.45, 2.75) is 6.04 Å². The SMILES string of the molecule is CN1CCN(c2ccc(NC3COC3)c(N)c2)CC1. The van der Waals surface area contributed by atoms with Crippen molar-refractivity contribution < 1.29 is 4.74 Å². The van der Waals surface area contributed by atoms with Crippen LogP contribution in [-0.2, 0) is 4.74 Å². The van der Waals surface area contributed by atoms with E-state index in [-0.39, 0.29) is 0 Å². The minimum atomic E-state index is 0.414. The van der Waals surface area contributed by atoms with Gasteiger partial charge in [-0.2, -0.15) is 0 Å². The Bertz CT molecular complexity index is 439. The van der Waals surface area contributed by atoms with Gasteiger partial charge in [-0.15, -0.1) is 0 Å². The lowest BCUT2D eigenvalue weighted by Gasteiger charge is -2.34. The van der Waals surface area contributed by atoms with Crippen molar-refractivity contribution in [3.8, 4) is 0 Å². The number of anilines is 3. The highest BCUT2D eigenvalue weighted by Gasteiger charge is 2.19. The summed E-state index contributed by atoms with van der Waals surface area (Å²) < 4.78 is 5.16. The Labute approximate surface area is 114 Å². The molecule has 2 aliphatic heterocycles. The van der Waals surface area contributed by atoms with Crippen molar-refractivity contribution >= 4 is 17.1 Å². The second-order valence-corrected chi connectivity index (χ2v) is 5.44. The molecule has 0 amide bonds. The average Bonchev–Trinajstić information content (AvgIpc) is 2.36. The van der Waals surface area contributed by atoms with E-state index in [9.17, 15) is 0 Å². The highest BCUT2D eigenvalue weighted by atomic mass is 16.5. The van der Waals surface area contributed by atoms with Crippen molar-refractivity contribution in [1.29, 1.82) is 0 Å². The Morgan fingerprint density at radius 1 is 1.21 bits per heavy atom. The normalized spacial score (nSPS) is 21.2. The maximum absolute atomic E-state index is 6.14. The lowest BCUT2D eigenvalue weighted by atomic mass is 10.1. The van der Waals surface area contributed by atoms with Gasteiger partial charge in [0.05, 0.1) is 30.6 Å². The van der Waals surface area contributed by atoms with E-state index in [0.29, 0.717) is 6.04 Å². The fourth-order valence-corrected chi connectivity index (χ4v) is 2.48. The van der Waals surface area contributed by atoms with Crippen LogP contribution in [0.2, 0.25) is 0 Å². The Morgan fingerprint density at radius 2 is 1.95 bits per heavy atom. The van der Waals surface area contributed by atoms with E-state index in [1.54, 1.807) is 0 Å². The number of hydrogen-bond acceptors (Lipinski definition) is 5. The molecule has 2 fully saturated rings. The van der Waals surface area contributed by atoms with Crippen LogP contribution in [0, 0.1) is 0 Å². The van der Waals surface area contributed by atoms with Crippen molar-refractivity contribution in [3.63, 3.8) is 0 Å². The van der Waals surface area contributed by atoms with Gasteiger partial charge in [-0.05, 0) is 25.2 Å². The number of piperazine rings is 1. The Balaban J connectivity index is 1.68. The molecule has 2 saturated heterocycles. The molecular weight excluding hydrogens is 240 g/mol. The fourth-order valence-electron chi connectivity index (χ4n) is 2.48. The molecule has 0 saturated carbocycles. The van der Waals surface area contributed by atoms with Gasteiger partial charge in [0.2, 0.25) is 0 Å². The largest absolute Gasteiger partial charge is 0.397 e. The molecule has 2 heterocycles. The second-order valence-electron chi connectivity index (χ2n) is 5.44. The number of nitrogen functional groups attached to an aromatic ring is 1. The van der Waals surface area contributed by atoms with Gasteiger partial charge < -0.3 is 25.6 Å². The number of likely N-dealkylation sites (N-methyl/N-ethyl adjacent to an activating group) is 1. The van der Waals surface area contributed by atoms with Gasteiger partial charge in [-0.25, -0.2) is 0 Å². The molecule has 3 N–H and O–H groups in total. The number of hydrogen-bond donors (Lipinski definition) is 2. The molecule has 0 bridgehead atoms. The molecule has 1 aromatic carbocycles. The molecule has 5 heteroatoms. The highest BCUT2D eigenvalue weighted by Crippen LogP contribution is 2.27. The first-order valence-corrected chi connectivity index (χ1v) is 6.89. The first-order chi connectivity index (χ1) is 9.22. The zero-order chi connectivity index (χ0) is 13.2. The average molecular weight is 262 g/mol. The molecule has 19 heavy (non-hydrogen) atoms. The number of nitrogens with zero attached hydrogens (tertiary/aromatic N) is 2. The van der Waals surface area contributed by atoms with Crippen LogP contribution in [0.3, 0.4) is 0 Å². The van der Waals surface area contributed by atoms with Crippen LogP contribution in [0.4, 0.5) is 17.1 Å². The first-order valence-electron chi connectivity index (χ1n) is 6.89. The van der Waals surface area contributed by atoms with Crippen molar-refractivity contribution in [2.24, 2.45) is 0 Å². The summed E-state index contributed by atoms with van der Waals surface area (Å²) in [4.78, 5) is 4.75. The van der Waals surface area contributed by atoms with Gasteiger partial charge in [0.15, 0.2) is 0 Å². The van der Waals surface area contributed by atoms with Crippen LogP contribution in [0.1, 0.15) is 0 Å². The lowest BCUT2D eigenvalue weighted by molar-refractivity contribution is 0.0211. The molecule has 104 valence electrons. The molecule has 0 atom stereocenters. The maximum Gasteiger partial charge on any atom is 0.0729 e. The Hall–Kier alpha value is -1.46. The van der Waals surface area contributed by atoms with E-state index in [1.807, 2.05) is 0 Å². The topological polar surface area (TPSA) is 53.8 Å². The van der Waals surface area contributed by atoms with E-state index in [0.717, 1.165) is 50.8 Å². The molecule has 2 aliphatic rings. The third-order valence-electron chi connectivity index (χ3n) is 3.90. The fraction of sp³-hybridized carbons (Fsp3) is 0.571. The number of nitrogens with one attached hydrogen (secondary N) is 1. The zero-order valence-electron chi connectivity index (χ0n) is 11.4. The first kappa shape index (κ1) is 12.6. The summed E-state index contributed by atoms with van der Waals surface area (Å²) in [5.41, 5.74) is 9.21.